The summed E-state index contributed by atoms with van der Waals surface area (Å²) in [5.41, 5.74) is -0.529. The molecular formula is C15H19ClFNO3. The van der Waals surface area contributed by atoms with Crippen LogP contribution in [0.4, 0.5) is 4.39 Å². The zero-order valence-corrected chi connectivity index (χ0v) is 13.3. The monoisotopic (exact) mass is 315 g/mol. The summed E-state index contributed by atoms with van der Waals surface area (Å²) in [5, 5.41) is 2.64. The average Bonchev–Trinajstić information content (AvgIpc) is 2.31. The van der Waals surface area contributed by atoms with Crippen molar-refractivity contribution in [2.75, 3.05) is 0 Å². The number of carbonyl (C=O) groups excluding carboxylic acids is 2. The van der Waals surface area contributed by atoms with Crippen LogP contribution in [-0.2, 0) is 20.7 Å². The van der Waals surface area contributed by atoms with Crippen LogP contribution < -0.4 is 5.32 Å². The highest BCUT2D eigenvalue weighted by molar-refractivity contribution is 6.31. The smallest absolute Gasteiger partial charge is 0.328 e. The van der Waals surface area contributed by atoms with E-state index in [1.807, 2.05) is 0 Å². The molecule has 0 bridgehead atoms. The zero-order chi connectivity index (χ0) is 16.2. The summed E-state index contributed by atoms with van der Waals surface area (Å²) in [7, 11) is 0. The summed E-state index contributed by atoms with van der Waals surface area (Å²) in [4.78, 5) is 23.6. The minimum atomic E-state index is -0.817. The van der Waals surface area contributed by atoms with E-state index in [-0.39, 0.29) is 17.0 Å². The third-order valence-corrected chi connectivity index (χ3v) is 2.89. The highest BCUT2D eigenvalue weighted by Gasteiger charge is 2.23. The summed E-state index contributed by atoms with van der Waals surface area (Å²) in [6.45, 7) is 6.71. The first-order chi connectivity index (χ1) is 9.60. The molecular weight excluding hydrogens is 297 g/mol. The van der Waals surface area contributed by atoms with E-state index in [4.69, 9.17) is 16.3 Å². The third kappa shape index (κ3) is 5.71. The average molecular weight is 316 g/mol. The molecule has 116 valence electrons. The van der Waals surface area contributed by atoms with Crippen LogP contribution in [0.5, 0.6) is 0 Å². The van der Waals surface area contributed by atoms with E-state index in [2.05, 4.69) is 5.32 Å². The Bertz CT molecular complexity index is 520. The van der Waals surface area contributed by atoms with Crippen molar-refractivity contribution in [3.05, 3.63) is 34.6 Å². The van der Waals surface area contributed by atoms with Gasteiger partial charge in [0.1, 0.15) is 17.5 Å². The first kappa shape index (κ1) is 17.4. The van der Waals surface area contributed by atoms with Gasteiger partial charge in [0.2, 0.25) is 5.91 Å². The minimum Gasteiger partial charge on any atom is -0.458 e. The van der Waals surface area contributed by atoms with E-state index in [9.17, 15) is 14.0 Å². The molecule has 1 N–H and O–H groups in total. The van der Waals surface area contributed by atoms with E-state index < -0.39 is 29.3 Å². The largest absolute Gasteiger partial charge is 0.458 e. The van der Waals surface area contributed by atoms with E-state index in [1.54, 1.807) is 20.8 Å². The summed E-state index contributed by atoms with van der Waals surface area (Å²) in [6.07, 6.45) is -0.237. The standard InChI is InChI=1S/C15H19ClFNO3/c1-9(14(20)21-15(2,3)4)18-13(19)8-10-11(16)6-5-7-12(10)17/h5-7,9H,8H2,1-4H3,(H,18,19)/t9-/m0/s1. The van der Waals surface area contributed by atoms with Gasteiger partial charge in [0, 0.05) is 10.6 Å². The van der Waals surface area contributed by atoms with Gasteiger partial charge in [-0.2, -0.15) is 0 Å². The van der Waals surface area contributed by atoms with Gasteiger partial charge in [-0.1, -0.05) is 17.7 Å². The van der Waals surface area contributed by atoms with Crippen LogP contribution in [0.2, 0.25) is 5.02 Å². The van der Waals surface area contributed by atoms with Crippen LogP contribution in [0.1, 0.15) is 33.3 Å². The minimum absolute atomic E-state index is 0.105. The number of ether oxygens (including phenoxy) is 1. The predicted octanol–water partition coefficient (Wildman–Crippen LogP) is 2.87. The lowest BCUT2D eigenvalue weighted by atomic mass is 10.1. The van der Waals surface area contributed by atoms with E-state index >= 15 is 0 Å². The second-order valence-electron chi connectivity index (χ2n) is 5.70. The number of halogens is 2. The van der Waals surface area contributed by atoms with Gasteiger partial charge >= 0.3 is 5.97 Å². The lowest BCUT2D eigenvalue weighted by Crippen LogP contribution is -2.42. The Balaban J connectivity index is 2.64. The van der Waals surface area contributed by atoms with Crippen LogP contribution in [0.3, 0.4) is 0 Å². The van der Waals surface area contributed by atoms with Crippen LogP contribution in [0.15, 0.2) is 18.2 Å². The molecule has 0 spiro atoms. The molecule has 6 heteroatoms. The van der Waals surface area contributed by atoms with Crippen LogP contribution in [-0.4, -0.2) is 23.5 Å². The Morgan fingerprint density at radius 1 is 1.38 bits per heavy atom. The molecule has 0 saturated heterocycles. The van der Waals surface area contributed by atoms with Gasteiger partial charge in [-0.05, 0) is 39.8 Å². The van der Waals surface area contributed by atoms with Crippen molar-refractivity contribution in [2.24, 2.45) is 0 Å². The van der Waals surface area contributed by atoms with E-state index in [1.165, 1.54) is 25.1 Å². The highest BCUT2D eigenvalue weighted by atomic mass is 35.5. The second-order valence-corrected chi connectivity index (χ2v) is 6.11. The summed E-state index contributed by atoms with van der Waals surface area (Å²) in [6, 6.07) is 3.38. The normalized spacial score (nSPS) is 12.7. The molecule has 1 aromatic carbocycles. The number of benzene rings is 1. The number of rotatable bonds is 4. The number of esters is 1. The molecule has 1 atom stereocenters. The maximum atomic E-state index is 13.6. The van der Waals surface area contributed by atoms with Crippen molar-refractivity contribution in [3.63, 3.8) is 0 Å². The number of hydrogen-bond acceptors (Lipinski definition) is 3. The molecule has 21 heavy (non-hydrogen) atoms. The van der Waals surface area contributed by atoms with Gasteiger partial charge in [-0.25, -0.2) is 9.18 Å². The van der Waals surface area contributed by atoms with Crippen LogP contribution >= 0.6 is 11.6 Å². The Morgan fingerprint density at radius 3 is 2.52 bits per heavy atom. The first-order valence-electron chi connectivity index (χ1n) is 6.55. The van der Waals surface area contributed by atoms with Crippen LogP contribution in [0, 0.1) is 5.82 Å². The topological polar surface area (TPSA) is 55.4 Å². The molecule has 0 aromatic heterocycles. The molecule has 0 aliphatic heterocycles. The molecule has 1 amide bonds. The molecule has 1 aromatic rings. The Hall–Kier alpha value is -1.62. The third-order valence-electron chi connectivity index (χ3n) is 2.54. The molecule has 0 radical (unpaired) electrons. The van der Waals surface area contributed by atoms with E-state index in [0.29, 0.717) is 0 Å². The van der Waals surface area contributed by atoms with Crippen molar-refractivity contribution in [1.29, 1.82) is 0 Å². The van der Waals surface area contributed by atoms with Gasteiger partial charge in [0.25, 0.3) is 0 Å². The van der Waals surface area contributed by atoms with Gasteiger partial charge in [0.05, 0.1) is 6.42 Å². The van der Waals surface area contributed by atoms with Gasteiger partial charge < -0.3 is 10.1 Å². The molecule has 4 nitrogen and oxygen atoms in total. The Kier molecular flexibility index (Phi) is 5.72. The zero-order valence-electron chi connectivity index (χ0n) is 12.5. The highest BCUT2D eigenvalue weighted by Crippen LogP contribution is 2.19. The summed E-state index contributed by atoms with van der Waals surface area (Å²) >= 11 is 5.85. The van der Waals surface area contributed by atoms with Gasteiger partial charge in [-0.3, -0.25) is 4.79 Å². The summed E-state index contributed by atoms with van der Waals surface area (Å²) < 4.78 is 18.7. The van der Waals surface area contributed by atoms with E-state index in [0.717, 1.165) is 0 Å². The SMILES string of the molecule is C[C@H](NC(=O)Cc1c(F)cccc1Cl)C(=O)OC(C)(C)C. The predicted molar refractivity (Wildman–Crippen MR) is 78.6 cm³/mol. The van der Waals surface area contributed by atoms with Crippen molar-refractivity contribution in [3.8, 4) is 0 Å². The lowest BCUT2D eigenvalue weighted by Gasteiger charge is -2.22. The van der Waals surface area contributed by atoms with Crippen molar-refractivity contribution in [2.45, 2.75) is 45.8 Å². The fourth-order valence-electron chi connectivity index (χ4n) is 1.60. The van der Waals surface area contributed by atoms with Crippen LogP contribution in [0.25, 0.3) is 0 Å². The quantitative estimate of drug-likeness (QED) is 0.869. The second kappa shape index (κ2) is 6.89. The molecule has 0 unspecified atom stereocenters. The molecule has 0 fully saturated rings. The maximum absolute atomic E-state index is 13.6. The number of carbonyl (C=O) groups is 2. The molecule has 1 rings (SSSR count). The maximum Gasteiger partial charge on any atom is 0.328 e. The molecule has 0 heterocycles. The van der Waals surface area contributed by atoms with Crippen molar-refractivity contribution in [1.82, 2.24) is 5.32 Å². The molecule has 0 saturated carbocycles. The van der Waals surface area contributed by atoms with Crippen molar-refractivity contribution < 1.29 is 18.7 Å². The first-order valence-corrected chi connectivity index (χ1v) is 6.93. The van der Waals surface area contributed by atoms with Gasteiger partial charge in [-0.15, -0.1) is 0 Å². The Morgan fingerprint density at radius 2 is 2.00 bits per heavy atom. The number of amides is 1. The molecule has 0 aliphatic carbocycles. The van der Waals surface area contributed by atoms with Gasteiger partial charge in [0.15, 0.2) is 0 Å². The number of nitrogens with one attached hydrogen (secondary N) is 1. The number of hydrogen-bond donors (Lipinski definition) is 1. The Labute approximate surface area is 128 Å². The molecule has 0 aliphatic rings. The fraction of sp³-hybridized carbons (Fsp3) is 0.467. The van der Waals surface area contributed by atoms with Crippen molar-refractivity contribution >= 4 is 23.5 Å². The summed E-state index contributed by atoms with van der Waals surface area (Å²) in [5.74, 6) is -1.60. The lowest BCUT2D eigenvalue weighted by molar-refractivity contribution is -0.158. The fourth-order valence-corrected chi connectivity index (χ4v) is 1.83.